The predicted octanol–water partition coefficient (Wildman–Crippen LogP) is 6.65. The molecule has 0 saturated carbocycles. The summed E-state index contributed by atoms with van der Waals surface area (Å²) < 4.78 is 2.02. The van der Waals surface area contributed by atoms with Gasteiger partial charge in [-0.1, -0.05) is 42.0 Å². The van der Waals surface area contributed by atoms with Crippen molar-refractivity contribution in [3.05, 3.63) is 83.0 Å². The van der Waals surface area contributed by atoms with Gasteiger partial charge in [0.2, 0.25) is 0 Å². The molecule has 27 heavy (non-hydrogen) atoms. The number of aromatic nitrogens is 2. The molecule has 0 bridgehead atoms. The van der Waals surface area contributed by atoms with E-state index < -0.39 is 0 Å². The average molecular weight is 354 g/mol. The Labute approximate surface area is 159 Å². The van der Waals surface area contributed by atoms with Gasteiger partial charge in [-0.15, -0.1) is 10.2 Å². The van der Waals surface area contributed by atoms with Gasteiger partial charge in [0.05, 0.1) is 5.69 Å². The van der Waals surface area contributed by atoms with Gasteiger partial charge >= 0.3 is 0 Å². The molecule has 0 N–H and O–H groups in total. The summed E-state index contributed by atoms with van der Waals surface area (Å²) in [6.07, 6.45) is 2.06. The minimum Gasteiger partial charge on any atom is -0.282 e. The summed E-state index contributed by atoms with van der Waals surface area (Å²) in [6.45, 7) is 8.31. The Morgan fingerprint density at radius 3 is 2.37 bits per heavy atom. The maximum atomic E-state index is 4.87. The van der Waals surface area contributed by atoms with Crippen LogP contribution in [0.1, 0.15) is 22.3 Å². The summed E-state index contributed by atoms with van der Waals surface area (Å²) in [5, 5.41) is 9.17. The SMILES string of the molecule is Cc1ccc(C)c(-c2nc3ccc(C)cn3c2N=Nc2ccccc2C)c1. The van der Waals surface area contributed by atoms with Crippen molar-refractivity contribution in [3.63, 3.8) is 0 Å². The second-order valence-electron chi connectivity index (χ2n) is 7.02. The van der Waals surface area contributed by atoms with E-state index in [4.69, 9.17) is 4.98 Å². The van der Waals surface area contributed by atoms with Crippen molar-refractivity contribution in [2.75, 3.05) is 0 Å². The van der Waals surface area contributed by atoms with Crippen molar-refractivity contribution in [3.8, 4) is 11.3 Å². The Morgan fingerprint density at radius 1 is 0.778 bits per heavy atom. The van der Waals surface area contributed by atoms with Crippen LogP contribution in [0.15, 0.2) is 71.0 Å². The number of pyridine rings is 1. The fourth-order valence-corrected chi connectivity index (χ4v) is 3.18. The lowest BCUT2D eigenvalue weighted by atomic mass is 10.0. The van der Waals surface area contributed by atoms with Crippen molar-refractivity contribution in [2.45, 2.75) is 27.7 Å². The smallest absolute Gasteiger partial charge is 0.187 e. The van der Waals surface area contributed by atoms with E-state index in [2.05, 4.69) is 61.5 Å². The minimum absolute atomic E-state index is 0.755. The first kappa shape index (κ1) is 17.2. The highest BCUT2D eigenvalue weighted by molar-refractivity contribution is 5.77. The number of nitrogens with zero attached hydrogens (tertiary/aromatic N) is 4. The number of hydrogen-bond acceptors (Lipinski definition) is 3. The Hall–Kier alpha value is -3.27. The Kier molecular flexibility index (Phi) is 4.32. The van der Waals surface area contributed by atoms with Gasteiger partial charge in [-0.05, 0) is 62.6 Å². The fraction of sp³-hybridized carbons (Fsp3) is 0.174. The number of aryl methyl sites for hydroxylation is 4. The largest absolute Gasteiger partial charge is 0.282 e. The van der Waals surface area contributed by atoms with Crippen LogP contribution >= 0.6 is 0 Å². The van der Waals surface area contributed by atoms with E-state index in [1.54, 1.807) is 0 Å². The van der Waals surface area contributed by atoms with Crippen LogP contribution in [0.4, 0.5) is 11.5 Å². The number of benzene rings is 2. The quantitative estimate of drug-likeness (QED) is 0.380. The molecule has 4 rings (SSSR count). The molecule has 0 fully saturated rings. The molecule has 0 aliphatic heterocycles. The predicted molar refractivity (Wildman–Crippen MR) is 110 cm³/mol. The molecule has 0 amide bonds. The van der Waals surface area contributed by atoms with Gasteiger partial charge in [0.1, 0.15) is 11.3 Å². The number of imidazole rings is 1. The lowest BCUT2D eigenvalue weighted by molar-refractivity contribution is 1.09. The third kappa shape index (κ3) is 3.26. The molecular weight excluding hydrogens is 332 g/mol. The van der Waals surface area contributed by atoms with Crippen LogP contribution in [0.5, 0.6) is 0 Å². The van der Waals surface area contributed by atoms with Crippen molar-refractivity contribution in [1.82, 2.24) is 9.38 Å². The molecule has 2 heterocycles. The molecular formula is C23H22N4. The first-order valence-corrected chi connectivity index (χ1v) is 9.06. The van der Waals surface area contributed by atoms with Gasteiger partial charge in [-0.2, -0.15) is 0 Å². The summed E-state index contributed by atoms with van der Waals surface area (Å²) in [4.78, 5) is 4.87. The van der Waals surface area contributed by atoms with E-state index in [9.17, 15) is 0 Å². The summed E-state index contributed by atoms with van der Waals surface area (Å²) >= 11 is 0. The zero-order valence-electron chi connectivity index (χ0n) is 16.1. The number of azo groups is 1. The normalized spacial score (nSPS) is 11.6. The van der Waals surface area contributed by atoms with Crippen LogP contribution in [0.3, 0.4) is 0 Å². The van der Waals surface area contributed by atoms with Crippen molar-refractivity contribution in [1.29, 1.82) is 0 Å². The standard InChI is InChI=1S/C23H22N4/c1-15-9-11-17(3)19(13-15)22-23(26-25-20-8-6-5-7-18(20)4)27-14-16(2)10-12-21(27)24-22/h5-14H,1-4H3. The highest BCUT2D eigenvalue weighted by Gasteiger charge is 2.16. The van der Waals surface area contributed by atoms with Gasteiger partial charge in [0.15, 0.2) is 5.82 Å². The highest BCUT2D eigenvalue weighted by atomic mass is 15.2. The molecule has 0 atom stereocenters. The molecule has 4 aromatic rings. The summed E-state index contributed by atoms with van der Waals surface area (Å²) in [5.41, 5.74) is 8.31. The van der Waals surface area contributed by atoms with E-state index >= 15 is 0 Å². The maximum Gasteiger partial charge on any atom is 0.187 e. The van der Waals surface area contributed by atoms with E-state index in [1.165, 1.54) is 11.1 Å². The van der Waals surface area contributed by atoms with E-state index in [1.807, 2.05) is 41.7 Å². The van der Waals surface area contributed by atoms with Crippen molar-refractivity contribution in [2.24, 2.45) is 10.2 Å². The minimum atomic E-state index is 0.755. The Bertz CT molecular complexity index is 1170. The third-order valence-corrected chi connectivity index (χ3v) is 4.76. The highest BCUT2D eigenvalue weighted by Crippen LogP contribution is 2.35. The molecule has 0 saturated heterocycles. The van der Waals surface area contributed by atoms with Crippen LogP contribution < -0.4 is 0 Å². The Morgan fingerprint density at radius 2 is 1.56 bits per heavy atom. The van der Waals surface area contributed by atoms with E-state index in [0.717, 1.165) is 39.5 Å². The number of fused-ring (bicyclic) bond motifs is 1. The zero-order chi connectivity index (χ0) is 19.0. The second-order valence-corrected chi connectivity index (χ2v) is 7.02. The average Bonchev–Trinajstić information content (AvgIpc) is 3.00. The molecule has 0 spiro atoms. The van der Waals surface area contributed by atoms with Crippen molar-refractivity contribution < 1.29 is 0 Å². The molecule has 0 aliphatic carbocycles. The fourth-order valence-electron chi connectivity index (χ4n) is 3.18. The monoisotopic (exact) mass is 354 g/mol. The lowest BCUT2D eigenvalue weighted by Gasteiger charge is -2.06. The van der Waals surface area contributed by atoms with Gasteiger partial charge < -0.3 is 0 Å². The van der Waals surface area contributed by atoms with E-state index in [0.29, 0.717) is 0 Å². The molecule has 0 unspecified atom stereocenters. The lowest BCUT2D eigenvalue weighted by Crippen LogP contribution is -1.87. The van der Waals surface area contributed by atoms with Gasteiger partial charge in [-0.3, -0.25) is 4.40 Å². The molecule has 2 aromatic heterocycles. The van der Waals surface area contributed by atoms with Crippen LogP contribution in [-0.4, -0.2) is 9.38 Å². The summed E-state index contributed by atoms with van der Waals surface area (Å²) in [5.74, 6) is 0.755. The third-order valence-electron chi connectivity index (χ3n) is 4.76. The number of hydrogen-bond donors (Lipinski definition) is 0. The molecule has 0 radical (unpaired) electrons. The van der Waals surface area contributed by atoms with Crippen LogP contribution in [0.25, 0.3) is 16.9 Å². The molecule has 4 heteroatoms. The molecule has 4 nitrogen and oxygen atoms in total. The van der Waals surface area contributed by atoms with Gasteiger partial charge in [-0.25, -0.2) is 4.98 Å². The maximum absolute atomic E-state index is 4.87. The topological polar surface area (TPSA) is 42.0 Å². The summed E-state index contributed by atoms with van der Waals surface area (Å²) in [6, 6.07) is 18.5. The number of rotatable bonds is 3. The summed E-state index contributed by atoms with van der Waals surface area (Å²) in [7, 11) is 0. The van der Waals surface area contributed by atoms with Crippen LogP contribution in [0, 0.1) is 27.7 Å². The molecule has 2 aromatic carbocycles. The first-order chi connectivity index (χ1) is 13.0. The van der Waals surface area contributed by atoms with Gasteiger partial charge in [0.25, 0.3) is 0 Å². The molecule has 134 valence electrons. The van der Waals surface area contributed by atoms with Crippen LogP contribution in [-0.2, 0) is 0 Å². The van der Waals surface area contributed by atoms with E-state index in [-0.39, 0.29) is 0 Å². The van der Waals surface area contributed by atoms with Crippen molar-refractivity contribution >= 4 is 17.2 Å². The Balaban J connectivity index is 1.95. The van der Waals surface area contributed by atoms with Gasteiger partial charge in [0, 0.05) is 11.8 Å². The first-order valence-electron chi connectivity index (χ1n) is 9.06. The second kappa shape index (κ2) is 6.80. The zero-order valence-corrected chi connectivity index (χ0v) is 16.1. The van der Waals surface area contributed by atoms with Crippen LogP contribution in [0.2, 0.25) is 0 Å². The molecule has 0 aliphatic rings.